The minimum Gasteiger partial charge on any atom is -0.462 e. The van der Waals surface area contributed by atoms with Crippen LogP contribution in [-0.4, -0.2) is 58.1 Å². The minimum absolute atomic E-state index is 0.222. The Morgan fingerprint density at radius 2 is 1.73 bits per heavy atom. The van der Waals surface area contributed by atoms with Gasteiger partial charge in [-0.3, -0.25) is 0 Å². The second-order valence-corrected chi connectivity index (χ2v) is 10.0. The minimum atomic E-state index is -3.38. The highest BCUT2D eigenvalue weighted by Gasteiger charge is 2.22. The summed E-state index contributed by atoms with van der Waals surface area (Å²) in [7, 11) is -3.38. The Morgan fingerprint density at radius 3 is 2.36 bits per heavy atom. The first kappa shape index (κ1) is 23.1. The predicted molar refractivity (Wildman–Crippen MR) is 128 cm³/mol. The molecule has 1 aromatic heterocycles. The Balaban J connectivity index is 1.82. The van der Waals surface area contributed by atoms with Gasteiger partial charge in [0, 0.05) is 36.4 Å². The lowest BCUT2D eigenvalue weighted by atomic mass is 10.1. The maximum Gasteiger partial charge on any atom is 0.339 e. The molecule has 33 heavy (non-hydrogen) atoms. The SMILES string of the molecule is CCOC(=O)c1cc(-c2ccc(N3CCOCC3)cc2)n(-c2cccc(S(C)(=O)=O)c2)c1C. The normalized spacial score (nSPS) is 14.3. The van der Waals surface area contributed by atoms with Gasteiger partial charge >= 0.3 is 5.97 Å². The van der Waals surface area contributed by atoms with Crippen molar-refractivity contribution in [3.05, 3.63) is 65.9 Å². The van der Waals surface area contributed by atoms with Crippen LogP contribution < -0.4 is 4.90 Å². The van der Waals surface area contributed by atoms with Crippen LogP contribution in [0.1, 0.15) is 23.0 Å². The molecule has 174 valence electrons. The molecule has 1 saturated heterocycles. The van der Waals surface area contributed by atoms with Crippen molar-refractivity contribution in [1.82, 2.24) is 4.57 Å². The number of carbonyl (C=O) groups excluding carboxylic acids is 1. The zero-order chi connectivity index (χ0) is 23.6. The summed E-state index contributed by atoms with van der Waals surface area (Å²) >= 11 is 0. The van der Waals surface area contributed by atoms with E-state index in [9.17, 15) is 13.2 Å². The molecule has 0 bridgehead atoms. The lowest BCUT2D eigenvalue weighted by Crippen LogP contribution is -2.36. The maximum atomic E-state index is 12.6. The number of nitrogens with zero attached hydrogens (tertiary/aromatic N) is 2. The molecule has 4 rings (SSSR count). The molecule has 0 radical (unpaired) electrons. The summed E-state index contributed by atoms with van der Waals surface area (Å²) in [6.07, 6.45) is 1.18. The van der Waals surface area contributed by atoms with Gasteiger partial charge in [-0.1, -0.05) is 18.2 Å². The molecule has 0 atom stereocenters. The summed E-state index contributed by atoms with van der Waals surface area (Å²) in [6.45, 7) is 7.00. The van der Waals surface area contributed by atoms with Gasteiger partial charge in [0.05, 0.1) is 36.0 Å². The van der Waals surface area contributed by atoms with Gasteiger partial charge in [-0.15, -0.1) is 0 Å². The van der Waals surface area contributed by atoms with Gasteiger partial charge in [-0.05, 0) is 55.8 Å². The number of aromatic nitrogens is 1. The van der Waals surface area contributed by atoms with Crippen molar-refractivity contribution in [2.24, 2.45) is 0 Å². The summed E-state index contributed by atoms with van der Waals surface area (Å²) in [5.41, 5.74) is 4.62. The van der Waals surface area contributed by atoms with Crippen LogP contribution in [0.2, 0.25) is 0 Å². The number of sulfone groups is 1. The van der Waals surface area contributed by atoms with Crippen molar-refractivity contribution < 1.29 is 22.7 Å². The van der Waals surface area contributed by atoms with Crippen LogP contribution in [0.25, 0.3) is 16.9 Å². The number of hydrogen-bond acceptors (Lipinski definition) is 6. The van der Waals surface area contributed by atoms with Gasteiger partial charge in [0.15, 0.2) is 9.84 Å². The Labute approximate surface area is 194 Å². The third-order valence-corrected chi connectivity index (χ3v) is 6.90. The number of esters is 1. The molecule has 2 aromatic carbocycles. The van der Waals surface area contributed by atoms with E-state index in [-0.39, 0.29) is 11.5 Å². The summed E-state index contributed by atoms with van der Waals surface area (Å²) < 4.78 is 36.9. The number of morpholine rings is 1. The molecule has 0 spiro atoms. The molecule has 0 saturated carbocycles. The van der Waals surface area contributed by atoms with Crippen LogP contribution >= 0.6 is 0 Å². The average molecular weight is 469 g/mol. The Hall–Kier alpha value is -3.10. The van der Waals surface area contributed by atoms with Gasteiger partial charge in [-0.2, -0.15) is 0 Å². The maximum absolute atomic E-state index is 12.6. The lowest BCUT2D eigenvalue weighted by molar-refractivity contribution is 0.0525. The molecular formula is C25H28N2O5S. The van der Waals surface area contributed by atoms with E-state index in [1.165, 1.54) is 6.26 Å². The second kappa shape index (κ2) is 9.41. The first-order valence-electron chi connectivity index (χ1n) is 10.9. The van der Waals surface area contributed by atoms with Crippen LogP contribution in [0.5, 0.6) is 0 Å². The second-order valence-electron chi connectivity index (χ2n) is 8.00. The van der Waals surface area contributed by atoms with Crippen molar-refractivity contribution in [3.8, 4) is 16.9 Å². The molecule has 1 aliphatic heterocycles. The van der Waals surface area contributed by atoms with E-state index in [0.717, 1.165) is 30.0 Å². The van der Waals surface area contributed by atoms with Crippen molar-refractivity contribution in [1.29, 1.82) is 0 Å². The fourth-order valence-corrected chi connectivity index (χ4v) is 4.75. The van der Waals surface area contributed by atoms with Crippen molar-refractivity contribution in [3.63, 3.8) is 0 Å². The van der Waals surface area contributed by atoms with Gasteiger partial charge in [0.25, 0.3) is 0 Å². The lowest BCUT2D eigenvalue weighted by Gasteiger charge is -2.29. The van der Waals surface area contributed by atoms with E-state index >= 15 is 0 Å². The predicted octanol–water partition coefficient (Wildman–Crippen LogP) is 3.87. The molecule has 0 aliphatic carbocycles. The molecule has 0 unspecified atom stereocenters. The van der Waals surface area contributed by atoms with Crippen molar-refractivity contribution in [2.45, 2.75) is 18.7 Å². The Bertz CT molecular complexity index is 1260. The zero-order valence-electron chi connectivity index (χ0n) is 19.1. The van der Waals surface area contributed by atoms with E-state index in [0.29, 0.717) is 30.2 Å². The number of ether oxygens (including phenoxy) is 2. The van der Waals surface area contributed by atoms with Crippen molar-refractivity contribution in [2.75, 3.05) is 44.1 Å². The van der Waals surface area contributed by atoms with E-state index in [4.69, 9.17) is 9.47 Å². The number of rotatable bonds is 6. The van der Waals surface area contributed by atoms with Crippen LogP contribution in [0.4, 0.5) is 5.69 Å². The van der Waals surface area contributed by atoms with Crippen LogP contribution in [0.3, 0.4) is 0 Å². The monoisotopic (exact) mass is 468 g/mol. The van der Waals surface area contributed by atoms with Crippen LogP contribution in [0.15, 0.2) is 59.5 Å². The largest absolute Gasteiger partial charge is 0.462 e. The quantitative estimate of drug-likeness (QED) is 0.511. The van der Waals surface area contributed by atoms with Gasteiger partial charge < -0.3 is 18.9 Å². The smallest absolute Gasteiger partial charge is 0.339 e. The van der Waals surface area contributed by atoms with E-state index in [2.05, 4.69) is 17.0 Å². The Morgan fingerprint density at radius 1 is 1.03 bits per heavy atom. The fourth-order valence-electron chi connectivity index (χ4n) is 4.09. The van der Waals surface area contributed by atoms with Crippen LogP contribution in [-0.2, 0) is 19.3 Å². The summed E-state index contributed by atoms with van der Waals surface area (Å²) in [6, 6.07) is 16.7. The van der Waals surface area contributed by atoms with Gasteiger partial charge in [0.1, 0.15) is 0 Å². The summed E-state index contributed by atoms with van der Waals surface area (Å²) in [4.78, 5) is 15.1. The Kier molecular flexibility index (Phi) is 6.58. The number of benzene rings is 2. The molecule has 0 N–H and O–H groups in total. The molecule has 8 heteroatoms. The molecule has 1 fully saturated rings. The zero-order valence-corrected chi connectivity index (χ0v) is 19.9. The highest BCUT2D eigenvalue weighted by atomic mass is 32.2. The molecule has 2 heterocycles. The third-order valence-electron chi connectivity index (χ3n) is 5.79. The topological polar surface area (TPSA) is 77.8 Å². The van der Waals surface area contributed by atoms with E-state index in [1.807, 2.05) is 35.8 Å². The van der Waals surface area contributed by atoms with Gasteiger partial charge in [-0.25, -0.2) is 13.2 Å². The first-order valence-corrected chi connectivity index (χ1v) is 12.8. The number of carbonyl (C=O) groups is 1. The molecule has 3 aromatic rings. The molecule has 0 amide bonds. The van der Waals surface area contributed by atoms with Crippen molar-refractivity contribution >= 4 is 21.5 Å². The number of hydrogen-bond donors (Lipinski definition) is 0. The van der Waals surface area contributed by atoms with E-state index in [1.54, 1.807) is 25.1 Å². The van der Waals surface area contributed by atoms with Gasteiger partial charge in [0.2, 0.25) is 0 Å². The first-order chi connectivity index (χ1) is 15.8. The average Bonchev–Trinajstić information content (AvgIpc) is 3.16. The third kappa shape index (κ3) is 4.82. The highest BCUT2D eigenvalue weighted by Crippen LogP contribution is 2.32. The molecule has 7 nitrogen and oxygen atoms in total. The molecule has 1 aliphatic rings. The summed E-state index contributed by atoms with van der Waals surface area (Å²) in [5, 5.41) is 0. The van der Waals surface area contributed by atoms with E-state index < -0.39 is 15.8 Å². The number of anilines is 1. The van der Waals surface area contributed by atoms with Crippen LogP contribution in [0, 0.1) is 6.92 Å². The highest BCUT2D eigenvalue weighted by molar-refractivity contribution is 7.90. The standard InChI is InChI=1S/C25H28N2O5S/c1-4-32-25(28)23-17-24(19-8-10-20(11-9-19)26-12-14-31-15-13-26)27(18(23)2)21-6-5-7-22(16-21)33(3,29)30/h5-11,16-17H,4,12-15H2,1-3H3. The molecular weight excluding hydrogens is 440 g/mol. The summed E-state index contributed by atoms with van der Waals surface area (Å²) in [5.74, 6) is -0.404. The fraction of sp³-hybridized carbons (Fsp3) is 0.320.